The Morgan fingerprint density at radius 1 is 1.31 bits per heavy atom. The summed E-state index contributed by atoms with van der Waals surface area (Å²) in [6.07, 6.45) is 7.98. The second-order valence-corrected chi connectivity index (χ2v) is 7.02. The Balaban J connectivity index is 1.51. The van der Waals surface area contributed by atoms with Gasteiger partial charge in [0.05, 0.1) is 30.4 Å². The molecule has 1 saturated carbocycles. The number of carbonyl (C=O) groups excluding carboxylic acids is 1. The number of rotatable bonds is 5. The summed E-state index contributed by atoms with van der Waals surface area (Å²) in [6.45, 7) is 1.60. The van der Waals surface area contributed by atoms with E-state index in [4.69, 9.17) is 4.74 Å². The Hall–Kier alpha value is -2.34. The lowest BCUT2D eigenvalue weighted by molar-refractivity contribution is -0.143. The Morgan fingerprint density at radius 2 is 2.15 bits per heavy atom. The maximum Gasteiger partial charge on any atom is 0.233 e. The number of ether oxygens (including phenoxy) is 1. The van der Waals surface area contributed by atoms with E-state index in [1.54, 1.807) is 36.8 Å². The summed E-state index contributed by atoms with van der Waals surface area (Å²) in [5.74, 6) is -0.252. The third-order valence-electron chi connectivity index (χ3n) is 5.39. The van der Waals surface area contributed by atoms with Crippen molar-refractivity contribution < 1.29 is 13.9 Å². The van der Waals surface area contributed by atoms with Crippen LogP contribution in [0.3, 0.4) is 0 Å². The normalized spacial score (nSPS) is 21.4. The molecule has 0 radical (unpaired) electrons. The lowest BCUT2D eigenvalue weighted by Crippen LogP contribution is -2.52. The van der Waals surface area contributed by atoms with Gasteiger partial charge in [0, 0.05) is 30.7 Å². The third-order valence-corrected chi connectivity index (χ3v) is 5.39. The topological polar surface area (TPSA) is 55.3 Å². The zero-order valence-corrected chi connectivity index (χ0v) is 14.6. The van der Waals surface area contributed by atoms with Crippen LogP contribution in [0.1, 0.15) is 30.5 Å². The number of amides is 1. The first-order chi connectivity index (χ1) is 12.7. The number of aryl methyl sites for hydroxylation is 1. The van der Waals surface area contributed by atoms with Gasteiger partial charge in [-0.3, -0.25) is 14.8 Å². The molecule has 1 amide bonds. The number of morpholine rings is 1. The van der Waals surface area contributed by atoms with Gasteiger partial charge in [0.1, 0.15) is 5.82 Å². The van der Waals surface area contributed by atoms with Crippen molar-refractivity contribution in [3.8, 4) is 0 Å². The Morgan fingerprint density at radius 3 is 2.88 bits per heavy atom. The molecule has 6 heteroatoms. The lowest BCUT2D eigenvalue weighted by Gasteiger charge is -2.38. The molecule has 1 aliphatic carbocycles. The minimum absolute atomic E-state index is 0.0116. The van der Waals surface area contributed by atoms with Crippen molar-refractivity contribution in [2.24, 2.45) is 0 Å². The molecule has 2 fully saturated rings. The molecule has 1 aromatic carbocycles. The van der Waals surface area contributed by atoms with Gasteiger partial charge in [-0.2, -0.15) is 0 Å². The van der Waals surface area contributed by atoms with Gasteiger partial charge in [-0.1, -0.05) is 18.2 Å². The smallest absolute Gasteiger partial charge is 0.233 e. The molecular weight excluding hydrogens is 333 g/mol. The molecule has 0 bridgehead atoms. The molecule has 0 N–H and O–H groups in total. The predicted molar refractivity (Wildman–Crippen MR) is 94.0 cm³/mol. The van der Waals surface area contributed by atoms with Crippen LogP contribution in [0.25, 0.3) is 0 Å². The van der Waals surface area contributed by atoms with Crippen molar-refractivity contribution >= 4 is 5.91 Å². The maximum atomic E-state index is 14.3. The highest BCUT2D eigenvalue weighted by Crippen LogP contribution is 2.50. The van der Waals surface area contributed by atoms with Crippen LogP contribution in [0, 0.1) is 5.82 Å². The molecule has 1 aliphatic heterocycles. The highest BCUT2D eigenvalue weighted by Gasteiger charge is 2.55. The van der Waals surface area contributed by atoms with E-state index in [-0.39, 0.29) is 17.8 Å². The second kappa shape index (κ2) is 7.11. The van der Waals surface area contributed by atoms with Crippen LogP contribution in [-0.2, 0) is 21.4 Å². The fourth-order valence-corrected chi connectivity index (χ4v) is 3.78. The molecule has 26 heavy (non-hydrogen) atoms. The van der Waals surface area contributed by atoms with E-state index in [9.17, 15) is 9.18 Å². The van der Waals surface area contributed by atoms with Crippen LogP contribution < -0.4 is 0 Å². The summed E-state index contributed by atoms with van der Waals surface area (Å²) in [6, 6.07) is 6.64. The van der Waals surface area contributed by atoms with Gasteiger partial charge in [-0.15, -0.1) is 0 Å². The molecule has 1 unspecified atom stereocenters. The molecule has 2 aliphatic rings. The van der Waals surface area contributed by atoms with E-state index in [0.717, 1.165) is 18.5 Å². The zero-order valence-electron chi connectivity index (χ0n) is 14.6. The lowest BCUT2D eigenvalue weighted by atomic mass is 9.92. The van der Waals surface area contributed by atoms with E-state index < -0.39 is 5.41 Å². The number of nitrogens with zero attached hydrogens (tertiary/aromatic N) is 3. The van der Waals surface area contributed by atoms with Crippen LogP contribution in [0.15, 0.2) is 42.9 Å². The van der Waals surface area contributed by atoms with E-state index in [2.05, 4.69) is 9.97 Å². The largest absolute Gasteiger partial charge is 0.377 e. The molecule has 5 nitrogen and oxygen atoms in total. The van der Waals surface area contributed by atoms with Gasteiger partial charge in [-0.25, -0.2) is 4.39 Å². The molecule has 0 spiro atoms. The number of hydrogen-bond donors (Lipinski definition) is 0. The number of benzene rings is 1. The predicted octanol–water partition coefficient (Wildman–Crippen LogP) is 2.51. The maximum absolute atomic E-state index is 14.3. The minimum atomic E-state index is -0.687. The standard InChI is InChI=1S/C20H22FN3O2/c21-18-4-2-1-3-17(18)20(7-8-20)19(25)24-11-12-26-14-16(24)6-5-15-13-22-9-10-23-15/h1-4,9-10,13,16H,5-8,11-12,14H2. The first-order valence-corrected chi connectivity index (χ1v) is 9.09. The number of aromatic nitrogens is 2. The van der Waals surface area contributed by atoms with E-state index >= 15 is 0 Å². The average Bonchev–Trinajstić information content (AvgIpc) is 3.49. The summed E-state index contributed by atoms with van der Waals surface area (Å²) in [5, 5.41) is 0. The molecule has 136 valence electrons. The first-order valence-electron chi connectivity index (χ1n) is 9.09. The number of halogens is 1. The number of hydrogen-bond acceptors (Lipinski definition) is 4. The van der Waals surface area contributed by atoms with E-state index in [0.29, 0.717) is 38.2 Å². The summed E-state index contributed by atoms with van der Waals surface area (Å²) >= 11 is 0. The first kappa shape index (κ1) is 17.1. The van der Waals surface area contributed by atoms with Crippen LogP contribution in [-0.4, -0.2) is 46.6 Å². The molecule has 1 saturated heterocycles. The molecule has 2 aromatic rings. The van der Waals surface area contributed by atoms with Gasteiger partial charge in [-0.05, 0) is 31.7 Å². The van der Waals surface area contributed by atoms with Gasteiger partial charge >= 0.3 is 0 Å². The SMILES string of the molecule is O=C(N1CCOCC1CCc1cnccn1)C1(c2ccccc2F)CC1. The summed E-state index contributed by atoms with van der Waals surface area (Å²) in [4.78, 5) is 23.6. The van der Waals surface area contributed by atoms with E-state index in [1.165, 1.54) is 6.07 Å². The molecule has 4 rings (SSSR count). The Labute approximate surface area is 152 Å². The highest BCUT2D eigenvalue weighted by atomic mass is 19.1. The van der Waals surface area contributed by atoms with Crippen molar-refractivity contribution in [1.82, 2.24) is 14.9 Å². The van der Waals surface area contributed by atoms with Crippen LogP contribution in [0.5, 0.6) is 0 Å². The van der Waals surface area contributed by atoms with Crippen molar-refractivity contribution in [1.29, 1.82) is 0 Å². The van der Waals surface area contributed by atoms with Gasteiger partial charge < -0.3 is 9.64 Å². The summed E-state index contributed by atoms with van der Waals surface area (Å²) in [7, 11) is 0. The monoisotopic (exact) mass is 355 g/mol. The van der Waals surface area contributed by atoms with Crippen LogP contribution in [0.2, 0.25) is 0 Å². The summed E-state index contributed by atoms with van der Waals surface area (Å²) in [5.41, 5.74) is 0.748. The molecular formula is C20H22FN3O2. The minimum Gasteiger partial charge on any atom is -0.377 e. The van der Waals surface area contributed by atoms with Crippen LogP contribution >= 0.6 is 0 Å². The van der Waals surface area contributed by atoms with Crippen molar-refractivity contribution in [2.45, 2.75) is 37.1 Å². The number of carbonyl (C=O) groups is 1. The Kier molecular flexibility index (Phi) is 4.68. The van der Waals surface area contributed by atoms with Gasteiger partial charge in [0.15, 0.2) is 0 Å². The molecule has 1 aromatic heterocycles. The highest BCUT2D eigenvalue weighted by molar-refractivity contribution is 5.91. The zero-order chi connectivity index (χ0) is 18.0. The van der Waals surface area contributed by atoms with Crippen LogP contribution in [0.4, 0.5) is 4.39 Å². The fourth-order valence-electron chi connectivity index (χ4n) is 3.78. The average molecular weight is 355 g/mol. The van der Waals surface area contributed by atoms with Gasteiger partial charge in [0.2, 0.25) is 5.91 Å². The quantitative estimate of drug-likeness (QED) is 0.827. The molecule has 2 heterocycles. The van der Waals surface area contributed by atoms with Gasteiger partial charge in [0.25, 0.3) is 0 Å². The van der Waals surface area contributed by atoms with Crippen molar-refractivity contribution in [2.75, 3.05) is 19.8 Å². The summed E-state index contributed by atoms with van der Waals surface area (Å²) < 4.78 is 19.9. The van der Waals surface area contributed by atoms with E-state index in [1.807, 2.05) is 4.90 Å². The molecule has 1 atom stereocenters. The fraction of sp³-hybridized carbons (Fsp3) is 0.450. The van der Waals surface area contributed by atoms with Crippen molar-refractivity contribution in [3.63, 3.8) is 0 Å². The second-order valence-electron chi connectivity index (χ2n) is 7.02. The third kappa shape index (κ3) is 3.21. The van der Waals surface area contributed by atoms with Crippen molar-refractivity contribution in [3.05, 3.63) is 59.9 Å². The Bertz CT molecular complexity index is 780.